The van der Waals surface area contributed by atoms with Crippen LogP contribution in [0, 0.1) is 5.41 Å². The first-order valence-electron chi connectivity index (χ1n) is 7.66. The molecule has 1 saturated heterocycles. The molecule has 1 aliphatic carbocycles. The highest BCUT2D eigenvalue weighted by molar-refractivity contribution is 5.22. The molecule has 1 N–H and O–H groups in total. The number of rotatable bonds is 3. The molecule has 0 bridgehead atoms. The molecular formula is C17H26N2. The summed E-state index contributed by atoms with van der Waals surface area (Å²) in [5.74, 6) is 0. The average molecular weight is 258 g/mol. The highest BCUT2D eigenvalue weighted by atomic mass is 15.3. The molecule has 3 rings (SSSR count). The molecule has 0 radical (unpaired) electrons. The molecular weight excluding hydrogens is 232 g/mol. The van der Waals surface area contributed by atoms with Gasteiger partial charge in [-0.15, -0.1) is 0 Å². The lowest BCUT2D eigenvalue weighted by Gasteiger charge is -2.41. The summed E-state index contributed by atoms with van der Waals surface area (Å²) in [5.41, 5.74) is 1.98. The van der Waals surface area contributed by atoms with E-state index in [-0.39, 0.29) is 0 Å². The van der Waals surface area contributed by atoms with Crippen molar-refractivity contribution in [2.75, 3.05) is 13.1 Å². The lowest BCUT2D eigenvalue weighted by molar-refractivity contribution is 0.106. The summed E-state index contributed by atoms with van der Waals surface area (Å²) in [7, 11) is 0. The van der Waals surface area contributed by atoms with Crippen LogP contribution in [0.5, 0.6) is 0 Å². The maximum atomic E-state index is 3.72. The summed E-state index contributed by atoms with van der Waals surface area (Å²) in [5, 5.41) is 3.72. The van der Waals surface area contributed by atoms with E-state index in [4.69, 9.17) is 0 Å². The van der Waals surface area contributed by atoms with Crippen molar-refractivity contribution in [2.45, 2.75) is 51.7 Å². The molecule has 3 unspecified atom stereocenters. The zero-order valence-electron chi connectivity index (χ0n) is 12.4. The number of nitrogens with zero attached hydrogens (tertiary/aromatic N) is 1. The van der Waals surface area contributed by atoms with E-state index in [0.717, 1.165) is 12.6 Å². The smallest absolute Gasteiger partial charge is 0.0476 e. The van der Waals surface area contributed by atoms with Crippen molar-refractivity contribution in [3.05, 3.63) is 35.9 Å². The van der Waals surface area contributed by atoms with Gasteiger partial charge in [-0.25, -0.2) is 0 Å². The third-order valence-corrected chi connectivity index (χ3v) is 4.97. The Morgan fingerprint density at radius 1 is 1.26 bits per heavy atom. The van der Waals surface area contributed by atoms with E-state index in [1.54, 1.807) is 0 Å². The molecule has 0 amide bonds. The normalized spacial score (nSPS) is 34.2. The number of hydrogen-bond acceptors (Lipinski definition) is 2. The van der Waals surface area contributed by atoms with Gasteiger partial charge in [0.15, 0.2) is 0 Å². The second-order valence-corrected chi connectivity index (χ2v) is 6.85. The van der Waals surface area contributed by atoms with E-state index < -0.39 is 0 Å². The molecule has 1 aromatic carbocycles. The molecule has 2 nitrogen and oxygen atoms in total. The van der Waals surface area contributed by atoms with Crippen LogP contribution in [0.3, 0.4) is 0 Å². The molecule has 1 aromatic rings. The number of hydrogen-bond donors (Lipinski definition) is 1. The summed E-state index contributed by atoms with van der Waals surface area (Å²) in [4.78, 5) is 2.76. The zero-order valence-corrected chi connectivity index (χ0v) is 12.4. The van der Waals surface area contributed by atoms with Crippen LogP contribution < -0.4 is 5.32 Å². The van der Waals surface area contributed by atoms with Crippen LogP contribution in [0.25, 0.3) is 0 Å². The van der Waals surface area contributed by atoms with Crippen LogP contribution in [-0.2, 0) is 0 Å². The van der Waals surface area contributed by atoms with Crippen LogP contribution >= 0.6 is 0 Å². The van der Waals surface area contributed by atoms with Gasteiger partial charge in [0.2, 0.25) is 0 Å². The summed E-state index contributed by atoms with van der Waals surface area (Å²) >= 11 is 0. The first kappa shape index (κ1) is 13.1. The Morgan fingerprint density at radius 3 is 2.53 bits per heavy atom. The van der Waals surface area contributed by atoms with Crippen molar-refractivity contribution in [1.82, 2.24) is 10.2 Å². The Bertz CT molecular complexity index is 426. The Balaban J connectivity index is 1.81. The van der Waals surface area contributed by atoms with E-state index in [0.29, 0.717) is 17.5 Å². The average Bonchev–Trinajstić information content (AvgIpc) is 3.08. The summed E-state index contributed by atoms with van der Waals surface area (Å²) in [6, 6.07) is 13.0. The van der Waals surface area contributed by atoms with Gasteiger partial charge in [-0.2, -0.15) is 0 Å². The molecule has 1 aliphatic heterocycles. The minimum Gasteiger partial charge on any atom is -0.311 e. The number of piperazine rings is 1. The summed E-state index contributed by atoms with van der Waals surface area (Å²) in [6.45, 7) is 9.39. The van der Waals surface area contributed by atoms with Crippen molar-refractivity contribution < 1.29 is 0 Å². The van der Waals surface area contributed by atoms with Gasteiger partial charge in [-0.3, -0.25) is 4.90 Å². The standard InChI is InChI=1S/C17H26N2/c1-4-14-12-19(16-10-17(16,2)3)15(11-18-14)13-8-6-5-7-9-13/h5-9,14-16,18H,4,10-12H2,1-3H3. The van der Waals surface area contributed by atoms with Crippen LogP contribution in [-0.4, -0.2) is 30.1 Å². The summed E-state index contributed by atoms with van der Waals surface area (Å²) in [6.07, 6.45) is 2.58. The van der Waals surface area contributed by atoms with Crippen LogP contribution in [0.4, 0.5) is 0 Å². The molecule has 0 spiro atoms. The largest absolute Gasteiger partial charge is 0.311 e. The maximum absolute atomic E-state index is 3.72. The number of benzene rings is 1. The molecule has 2 heteroatoms. The molecule has 104 valence electrons. The van der Waals surface area contributed by atoms with Gasteiger partial charge in [0.25, 0.3) is 0 Å². The first-order chi connectivity index (χ1) is 9.12. The topological polar surface area (TPSA) is 15.3 Å². The summed E-state index contributed by atoms with van der Waals surface area (Å²) < 4.78 is 0. The molecule has 1 heterocycles. The molecule has 0 aromatic heterocycles. The Kier molecular flexibility index (Phi) is 3.40. The number of nitrogens with one attached hydrogen (secondary N) is 1. The van der Waals surface area contributed by atoms with Gasteiger partial charge < -0.3 is 5.32 Å². The molecule has 2 fully saturated rings. The van der Waals surface area contributed by atoms with Gasteiger partial charge in [-0.1, -0.05) is 51.1 Å². The van der Waals surface area contributed by atoms with Crippen LogP contribution in [0.2, 0.25) is 0 Å². The van der Waals surface area contributed by atoms with Crippen molar-refractivity contribution in [3.63, 3.8) is 0 Å². The fourth-order valence-electron chi connectivity index (χ4n) is 3.45. The monoisotopic (exact) mass is 258 g/mol. The Hall–Kier alpha value is -0.860. The van der Waals surface area contributed by atoms with E-state index in [1.165, 1.54) is 24.9 Å². The van der Waals surface area contributed by atoms with Crippen LogP contribution in [0.1, 0.15) is 45.2 Å². The molecule has 3 atom stereocenters. The van der Waals surface area contributed by atoms with Gasteiger partial charge >= 0.3 is 0 Å². The molecule has 1 saturated carbocycles. The van der Waals surface area contributed by atoms with Gasteiger partial charge in [-0.05, 0) is 23.8 Å². The van der Waals surface area contributed by atoms with Gasteiger partial charge in [0.05, 0.1) is 0 Å². The predicted octanol–water partition coefficient (Wildman–Crippen LogP) is 3.21. The third kappa shape index (κ3) is 2.56. The highest BCUT2D eigenvalue weighted by Crippen LogP contribution is 2.51. The Labute approximate surface area is 117 Å². The fraction of sp³-hybridized carbons (Fsp3) is 0.647. The lowest BCUT2D eigenvalue weighted by atomic mass is 9.99. The minimum atomic E-state index is 0.517. The lowest BCUT2D eigenvalue weighted by Crippen LogP contribution is -2.53. The second kappa shape index (κ2) is 4.92. The van der Waals surface area contributed by atoms with E-state index >= 15 is 0 Å². The van der Waals surface area contributed by atoms with E-state index in [9.17, 15) is 0 Å². The van der Waals surface area contributed by atoms with Crippen molar-refractivity contribution in [2.24, 2.45) is 5.41 Å². The van der Waals surface area contributed by atoms with Crippen molar-refractivity contribution in [1.29, 1.82) is 0 Å². The third-order valence-electron chi connectivity index (χ3n) is 4.97. The SMILES string of the molecule is CCC1CN(C2CC2(C)C)C(c2ccccc2)CN1. The maximum Gasteiger partial charge on any atom is 0.0476 e. The van der Waals surface area contributed by atoms with Gasteiger partial charge in [0.1, 0.15) is 0 Å². The molecule has 2 aliphatic rings. The van der Waals surface area contributed by atoms with Crippen LogP contribution in [0.15, 0.2) is 30.3 Å². The van der Waals surface area contributed by atoms with E-state index in [1.807, 2.05) is 0 Å². The minimum absolute atomic E-state index is 0.517. The fourth-order valence-corrected chi connectivity index (χ4v) is 3.45. The predicted molar refractivity (Wildman–Crippen MR) is 80.2 cm³/mol. The zero-order chi connectivity index (χ0) is 13.5. The second-order valence-electron chi connectivity index (χ2n) is 6.85. The van der Waals surface area contributed by atoms with Gasteiger partial charge in [0, 0.05) is 31.2 Å². The van der Waals surface area contributed by atoms with Crippen molar-refractivity contribution >= 4 is 0 Å². The first-order valence-corrected chi connectivity index (χ1v) is 7.66. The quantitative estimate of drug-likeness (QED) is 0.895. The Morgan fingerprint density at radius 2 is 1.95 bits per heavy atom. The highest BCUT2D eigenvalue weighted by Gasteiger charge is 2.52. The van der Waals surface area contributed by atoms with Crippen molar-refractivity contribution in [3.8, 4) is 0 Å². The molecule has 19 heavy (non-hydrogen) atoms. The van der Waals surface area contributed by atoms with E-state index in [2.05, 4.69) is 61.3 Å².